The minimum Gasteiger partial charge on any atom is -0.469 e. The van der Waals surface area contributed by atoms with Crippen molar-refractivity contribution in [1.82, 2.24) is 16.0 Å². The highest BCUT2D eigenvalue weighted by molar-refractivity contribution is 5.91. The van der Waals surface area contributed by atoms with Gasteiger partial charge in [0.25, 0.3) is 0 Å². The Balaban J connectivity index is 1.37. The van der Waals surface area contributed by atoms with Crippen molar-refractivity contribution in [3.05, 3.63) is 108 Å². The number of ether oxygens (including phenoxy) is 2. The van der Waals surface area contributed by atoms with Gasteiger partial charge in [-0.1, -0.05) is 105 Å². The van der Waals surface area contributed by atoms with Crippen molar-refractivity contribution in [3.8, 4) is 11.1 Å². The molecule has 248 valence electrons. The summed E-state index contributed by atoms with van der Waals surface area (Å²) in [6.07, 6.45) is 3.59. The number of alkyl carbamates (subject to hydrolysis) is 1. The molecule has 4 atom stereocenters. The lowest BCUT2D eigenvalue weighted by atomic mass is 9.96. The van der Waals surface area contributed by atoms with Crippen LogP contribution in [0.3, 0.4) is 0 Å². The summed E-state index contributed by atoms with van der Waals surface area (Å²) in [7, 11) is 1.35. The van der Waals surface area contributed by atoms with Crippen LogP contribution in [-0.4, -0.2) is 55.7 Å². The molecule has 47 heavy (non-hydrogen) atoms. The SMILES string of the molecule is COC(=O)[C@@H](/C=C/[C@H](C)NC(=O)[C@H](C)NC(=O)[C@H](Cc1ccccc1)NC(=O)OCC1c2ccccc2-c2ccccc21)CC(C)C. The zero-order valence-electron chi connectivity index (χ0n) is 27.7. The Morgan fingerprint density at radius 3 is 1.94 bits per heavy atom. The van der Waals surface area contributed by atoms with E-state index < -0.39 is 42.0 Å². The average Bonchev–Trinajstić information content (AvgIpc) is 3.38. The maximum absolute atomic E-state index is 13.5. The second-order valence-electron chi connectivity index (χ2n) is 12.4. The van der Waals surface area contributed by atoms with Gasteiger partial charge in [-0.15, -0.1) is 0 Å². The normalized spacial score (nSPS) is 14.8. The van der Waals surface area contributed by atoms with E-state index in [2.05, 4.69) is 28.1 Å². The summed E-state index contributed by atoms with van der Waals surface area (Å²) in [5.74, 6) is -1.51. The summed E-state index contributed by atoms with van der Waals surface area (Å²) >= 11 is 0. The van der Waals surface area contributed by atoms with Crippen LogP contribution in [0.25, 0.3) is 11.1 Å². The third-order valence-corrected chi connectivity index (χ3v) is 8.22. The van der Waals surface area contributed by atoms with Gasteiger partial charge in [0.05, 0.1) is 13.0 Å². The molecule has 3 N–H and O–H groups in total. The number of benzene rings is 3. The molecule has 1 aliphatic carbocycles. The molecular formula is C38H45N3O6. The molecule has 3 amide bonds. The summed E-state index contributed by atoms with van der Waals surface area (Å²) in [4.78, 5) is 51.7. The molecule has 0 radical (unpaired) electrons. The van der Waals surface area contributed by atoms with Crippen molar-refractivity contribution in [2.75, 3.05) is 13.7 Å². The number of nitrogens with one attached hydrogen (secondary N) is 3. The molecule has 0 saturated carbocycles. The summed E-state index contributed by atoms with van der Waals surface area (Å²) < 4.78 is 10.6. The van der Waals surface area contributed by atoms with E-state index in [0.717, 1.165) is 27.8 Å². The highest BCUT2D eigenvalue weighted by atomic mass is 16.5. The zero-order valence-corrected chi connectivity index (χ0v) is 27.7. The van der Waals surface area contributed by atoms with Gasteiger partial charge in [-0.2, -0.15) is 0 Å². The van der Waals surface area contributed by atoms with Gasteiger partial charge < -0.3 is 25.4 Å². The third-order valence-electron chi connectivity index (χ3n) is 8.22. The first kappa shape index (κ1) is 34.9. The number of hydrogen-bond donors (Lipinski definition) is 3. The van der Waals surface area contributed by atoms with Crippen molar-refractivity contribution >= 4 is 23.9 Å². The lowest BCUT2D eigenvalue weighted by Crippen LogP contribution is -2.54. The summed E-state index contributed by atoms with van der Waals surface area (Å²) in [6.45, 7) is 7.51. The van der Waals surface area contributed by atoms with Crippen LogP contribution in [0.1, 0.15) is 56.7 Å². The first-order valence-electron chi connectivity index (χ1n) is 16.1. The molecule has 0 unspecified atom stereocenters. The number of hydrogen-bond acceptors (Lipinski definition) is 6. The molecule has 0 aromatic heterocycles. The predicted octanol–water partition coefficient (Wildman–Crippen LogP) is 5.54. The summed E-state index contributed by atoms with van der Waals surface area (Å²) in [6, 6.07) is 23.2. The lowest BCUT2D eigenvalue weighted by Gasteiger charge is -2.22. The molecule has 4 rings (SSSR count). The number of carbonyl (C=O) groups excluding carboxylic acids is 4. The average molecular weight is 640 g/mol. The van der Waals surface area contributed by atoms with Gasteiger partial charge in [0.2, 0.25) is 11.8 Å². The van der Waals surface area contributed by atoms with Gasteiger partial charge in [-0.3, -0.25) is 14.4 Å². The maximum Gasteiger partial charge on any atom is 0.407 e. The Bertz CT molecular complexity index is 1520. The van der Waals surface area contributed by atoms with E-state index in [1.165, 1.54) is 7.11 Å². The number of amides is 3. The molecule has 0 fully saturated rings. The number of rotatable bonds is 14. The van der Waals surface area contributed by atoms with E-state index in [9.17, 15) is 19.2 Å². The second-order valence-corrected chi connectivity index (χ2v) is 12.4. The first-order valence-corrected chi connectivity index (χ1v) is 16.1. The molecule has 1 aliphatic rings. The monoisotopic (exact) mass is 639 g/mol. The third kappa shape index (κ3) is 9.54. The molecule has 0 aliphatic heterocycles. The van der Waals surface area contributed by atoms with Crippen molar-refractivity contribution in [2.45, 2.75) is 64.6 Å². The van der Waals surface area contributed by atoms with E-state index in [-0.39, 0.29) is 30.8 Å². The van der Waals surface area contributed by atoms with E-state index in [4.69, 9.17) is 9.47 Å². The Labute approximate surface area is 277 Å². The number of carbonyl (C=O) groups is 4. The van der Waals surface area contributed by atoms with Crippen LogP contribution in [0, 0.1) is 11.8 Å². The van der Waals surface area contributed by atoms with Crippen LogP contribution in [-0.2, 0) is 30.3 Å². The van der Waals surface area contributed by atoms with E-state index in [1.54, 1.807) is 26.0 Å². The van der Waals surface area contributed by atoms with Crippen LogP contribution >= 0.6 is 0 Å². The van der Waals surface area contributed by atoms with Gasteiger partial charge >= 0.3 is 12.1 Å². The Morgan fingerprint density at radius 2 is 1.34 bits per heavy atom. The van der Waals surface area contributed by atoms with Gasteiger partial charge in [-0.05, 0) is 54.0 Å². The number of esters is 1. The van der Waals surface area contributed by atoms with E-state index >= 15 is 0 Å². The van der Waals surface area contributed by atoms with Gasteiger partial charge in [0.15, 0.2) is 0 Å². The second kappa shape index (κ2) is 16.6. The molecule has 9 nitrogen and oxygen atoms in total. The molecule has 0 heterocycles. The Kier molecular flexibility index (Phi) is 12.3. The van der Waals surface area contributed by atoms with E-state index in [0.29, 0.717) is 6.42 Å². The minimum absolute atomic E-state index is 0.109. The van der Waals surface area contributed by atoms with Gasteiger partial charge in [0, 0.05) is 18.4 Å². The van der Waals surface area contributed by atoms with Crippen LogP contribution in [0.4, 0.5) is 4.79 Å². The van der Waals surface area contributed by atoms with Crippen molar-refractivity contribution in [3.63, 3.8) is 0 Å². The maximum atomic E-state index is 13.5. The highest BCUT2D eigenvalue weighted by Gasteiger charge is 2.30. The smallest absolute Gasteiger partial charge is 0.407 e. The number of fused-ring (bicyclic) bond motifs is 3. The largest absolute Gasteiger partial charge is 0.469 e. The van der Waals surface area contributed by atoms with Crippen LogP contribution in [0.15, 0.2) is 91.0 Å². The minimum atomic E-state index is -0.988. The number of methoxy groups -OCH3 is 1. The fourth-order valence-electron chi connectivity index (χ4n) is 5.83. The molecule has 3 aromatic carbocycles. The first-order chi connectivity index (χ1) is 22.6. The fraction of sp³-hybridized carbons (Fsp3) is 0.368. The summed E-state index contributed by atoms with van der Waals surface area (Å²) in [5, 5.41) is 8.30. The molecule has 9 heteroatoms. The summed E-state index contributed by atoms with van der Waals surface area (Å²) in [5.41, 5.74) is 5.25. The molecular weight excluding hydrogens is 594 g/mol. The molecule has 0 saturated heterocycles. The quantitative estimate of drug-likeness (QED) is 0.157. The van der Waals surface area contributed by atoms with Gasteiger partial charge in [-0.25, -0.2) is 4.79 Å². The Hall–Kier alpha value is -4.92. The predicted molar refractivity (Wildman–Crippen MR) is 181 cm³/mol. The molecule has 0 bridgehead atoms. The van der Waals surface area contributed by atoms with Crippen LogP contribution in [0.2, 0.25) is 0 Å². The van der Waals surface area contributed by atoms with Crippen molar-refractivity contribution in [1.29, 1.82) is 0 Å². The van der Waals surface area contributed by atoms with Crippen molar-refractivity contribution < 1.29 is 28.7 Å². The zero-order chi connectivity index (χ0) is 33.9. The molecule has 3 aromatic rings. The van der Waals surface area contributed by atoms with E-state index in [1.807, 2.05) is 80.6 Å². The van der Waals surface area contributed by atoms with Crippen molar-refractivity contribution in [2.24, 2.45) is 11.8 Å². The van der Waals surface area contributed by atoms with Gasteiger partial charge in [0.1, 0.15) is 18.7 Å². The highest BCUT2D eigenvalue weighted by Crippen LogP contribution is 2.44. The Morgan fingerprint density at radius 1 is 0.745 bits per heavy atom. The van der Waals surface area contributed by atoms with Crippen LogP contribution in [0.5, 0.6) is 0 Å². The topological polar surface area (TPSA) is 123 Å². The molecule has 0 spiro atoms. The fourth-order valence-corrected chi connectivity index (χ4v) is 5.83. The lowest BCUT2D eigenvalue weighted by molar-refractivity contribution is -0.144. The standard InChI is InChI=1S/C38H45N3O6/c1-24(2)21-28(37(44)46-5)20-19-25(3)39-35(42)26(4)40-36(43)34(22-27-13-7-6-8-14-27)41-38(45)47-23-33-31-17-11-9-15-29(31)30-16-10-12-18-32(30)33/h6-20,24-26,28,33-34H,21-23H2,1-5H3,(H,39,42)(H,40,43)(H,41,45)/b20-19+/t25-,26-,28-,34-/m0/s1. The van der Waals surface area contributed by atoms with Crippen LogP contribution < -0.4 is 16.0 Å².